The molecule has 0 radical (unpaired) electrons. The number of hydrogen-bond acceptors (Lipinski definition) is 3. The molecule has 114 valence electrons. The summed E-state index contributed by atoms with van der Waals surface area (Å²) in [5.74, 6) is 0.809. The number of nitrogens with two attached hydrogens (primary N) is 1. The predicted octanol–water partition coefficient (Wildman–Crippen LogP) is 4.23. The first kappa shape index (κ1) is 15.0. The molecule has 21 heavy (non-hydrogen) atoms. The molecule has 1 aromatic carbocycles. The molecular weight excluding hydrogens is 276 g/mol. The van der Waals surface area contributed by atoms with Crippen LogP contribution >= 0.6 is 11.3 Å². The van der Waals surface area contributed by atoms with Crippen LogP contribution in [0.2, 0.25) is 0 Å². The third-order valence-electron chi connectivity index (χ3n) is 4.85. The summed E-state index contributed by atoms with van der Waals surface area (Å²) < 4.78 is 1.37. The molecule has 3 heteroatoms. The van der Waals surface area contributed by atoms with Crippen LogP contribution in [0.25, 0.3) is 10.1 Å². The zero-order valence-electron chi connectivity index (χ0n) is 13.4. The molecule has 0 bridgehead atoms. The van der Waals surface area contributed by atoms with E-state index in [1.807, 2.05) is 11.3 Å². The topological polar surface area (TPSA) is 29.3 Å². The van der Waals surface area contributed by atoms with Crippen LogP contribution in [0.3, 0.4) is 0 Å². The average Bonchev–Trinajstić information content (AvgIpc) is 3.04. The molecule has 1 aliphatic heterocycles. The van der Waals surface area contributed by atoms with Gasteiger partial charge in [0.2, 0.25) is 0 Å². The lowest BCUT2D eigenvalue weighted by Crippen LogP contribution is -2.26. The molecule has 3 rings (SSSR count). The monoisotopic (exact) mass is 302 g/mol. The second-order valence-electron chi connectivity index (χ2n) is 7.29. The van der Waals surface area contributed by atoms with E-state index in [0.717, 1.165) is 12.5 Å². The van der Waals surface area contributed by atoms with E-state index in [1.165, 1.54) is 40.0 Å². The van der Waals surface area contributed by atoms with Crippen LogP contribution in [-0.2, 0) is 13.1 Å². The first-order valence-corrected chi connectivity index (χ1v) is 8.72. The van der Waals surface area contributed by atoms with Crippen molar-refractivity contribution in [2.75, 3.05) is 13.1 Å². The second kappa shape index (κ2) is 5.71. The Bertz CT molecular complexity index is 624. The fraction of sp³-hybridized carbons (Fsp3) is 0.556. The standard InChI is InChI=1S/C18H26N2S/c1-18(2,3)13-8-9-20(11-13)12-15-14-6-4-5-7-16(14)21-17(15)10-19/h4-7,13H,8-12,19H2,1-3H3. The van der Waals surface area contributed by atoms with Gasteiger partial charge in [0.25, 0.3) is 0 Å². The Balaban J connectivity index is 1.82. The van der Waals surface area contributed by atoms with Crippen molar-refractivity contribution in [3.8, 4) is 0 Å². The van der Waals surface area contributed by atoms with Gasteiger partial charge in [-0.05, 0) is 41.3 Å². The van der Waals surface area contributed by atoms with Gasteiger partial charge in [0.1, 0.15) is 0 Å². The molecule has 2 nitrogen and oxygen atoms in total. The fourth-order valence-electron chi connectivity index (χ4n) is 3.39. The number of rotatable bonds is 3. The van der Waals surface area contributed by atoms with Gasteiger partial charge < -0.3 is 5.73 Å². The molecule has 1 fully saturated rings. The summed E-state index contributed by atoms with van der Waals surface area (Å²) in [5.41, 5.74) is 7.86. The first-order valence-electron chi connectivity index (χ1n) is 7.90. The van der Waals surface area contributed by atoms with Crippen LogP contribution in [0.1, 0.15) is 37.6 Å². The van der Waals surface area contributed by atoms with E-state index >= 15 is 0 Å². The minimum atomic E-state index is 0.419. The van der Waals surface area contributed by atoms with Crippen LogP contribution < -0.4 is 5.73 Å². The van der Waals surface area contributed by atoms with Crippen molar-refractivity contribution in [3.05, 3.63) is 34.7 Å². The summed E-state index contributed by atoms with van der Waals surface area (Å²) in [5, 5.41) is 1.40. The first-order chi connectivity index (χ1) is 9.99. The SMILES string of the molecule is CC(C)(C)C1CCN(Cc2c(CN)sc3ccccc23)C1. The Morgan fingerprint density at radius 2 is 2.05 bits per heavy atom. The Hall–Kier alpha value is -0.900. The van der Waals surface area contributed by atoms with E-state index in [-0.39, 0.29) is 0 Å². The van der Waals surface area contributed by atoms with Crippen molar-refractivity contribution in [1.29, 1.82) is 0 Å². The smallest absolute Gasteiger partial charge is 0.0349 e. The maximum absolute atomic E-state index is 5.98. The van der Waals surface area contributed by atoms with Gasteiger partial charge in [0.15, 0.2) is 0 Å². The van der Waals surface area contributed by atoms with E-state index in [9.17, 15) is 0 Å². The Labute approximate surface area is 131 Å². The van der Waals surface area contributed by atoms with Gasteiger partial charge in [-0.1, -0.05) is 39.0 Å². The van der Waals surface area contributed by atoms with Gasteiger partial charge in [-0.2, -0.15) is 0 Å². The minimum Gasteiger partial charge on any atom is -0.326 e. The Kier molecular flexibility index (Phi) is 4.08. The number of likely N-dealkylation sites (tertiary alicyclic amines) is 1. The fourth-order valence-corrected chi connectivity index (χ4v) is 4.49. The lowest BCUT2D eigenvalue weighted by atomic mass is 9.80. The quantitative estimate of drug-likeness (QED) is 0.919. The van der Waals surface area contributed by atoms with Crippen molar-refractivity contribution in [2.24, 2.45) is 17.1 Å². The van der Waals surface area contributed by atoms with Crippen molar-refractivity contribution in [3.63, 3.8) is 0 Å². The maximum Gasteiger partial charge on any atom is 0.0349 e. The third-order valence-corrected chi connectivity index (χ3v) is 6.08. The highest BCUT2D eigenvalue weighted by Gasteiger charge is 2.32. The zero-order valence-corrected chi connectivity index (χ0v) is 14.2. The van der Waals surface area contributed by atoms with E-state index in [0.29, 0.717) is 12.0 Å². The summed E-state index contributed by atoms with van der Waals surface area (Å²) in [6.07, 6.45) is 1.32. The number of benzene rings is 1. The largest absolute Gasteiger partial charge is 0.326 e. The zero-order chi connectivity index (χ0) is 15.0. The molecule has 0 amide bonds. The lowest BCUT2D eigenvalue weighted by Gasteiger charge is -2.27. The molecule has 2 aromatic rings. The number of fused-ring (bicyclic) bond motifs is 1. The van der Waals surface area contributed by atoms with Gasteiger partial charge in [-0.15, -0.1) is 11.3 Å². The molecule has 0 saturated carbocycles. The average molecular weight is 302 g/mol. The van der Waals surface area contributed by atoms with Crippen LogP contribution in [0.5, 0.6) is 0 Å². The number of hydrogen-bond donors (Lipinski definition) is 1. The Morgan fingerprint density at radius 1 is 1.29 bits per heavy atom. The summed E-state index contributed by atoms with van der Waals surface area (Å²) in [4.78, 5) is 3.97. The summed E-state index contributed by atoms with van der Waals surface area (Å²) >= 11 is 1.86. The van der Waals surface area contributed by atoms with Crippen LogP contribution in [0.15, 0.2) is 24.3 Å². The Morgan fingerprint density at radius 3 is 2.71 bits per heavy atom. The highest BCUT2D eigenvalue weighted by molar-refractivity contribution is 7.19. The number of thiophene rings is 1. The summed E-state index contributed by atoms with van der Waals surface area (Å²) in [7, 11) is 0. The molecular formula is C18H26N2S. The van der Waals surface area contributed by atoms with Gasteiger partial charge in [0, 0.05) is 29.2 Å². The van der Waals surface area contributed by atoms with Crippen LogP contribution in [-0.4, -0.2) is 18.0 Å². The lowest BCUT2D eigenvalue weighted by molar-refractivity contribution is 0.226. The molecule has 1 aliphatic rings. The van der Waals surface area contributed by atoms with Gasteiger partial charge in [-0.3, -0.25) is 4.90 Å². The molecule has 2 heterocycles. The molecule has 1 unspecified atom stereocenters. The van der Waals surface area contributed by atoms with Crippen molar-refractivity contribution >= 4 is 21.4 Å². The number of nitrogens with zero attached hydrogens (tertiary/aromatic N) is 1. The molecule has 0 aliphatic carbocycles. The van der Waals surface area contributed by atoms with Crippen molar-refractivity contribution in [2.45, 2.75) is 40.3 Å². The minimum absolute atomic E-state index is 0.419. The van der Waals surface area contributed by atoms with Gasteiger partial charge >= 0.3 is 0 Å². The highest BCUT2D eigenvalue weighted by Crippen LogP contribution is 2.36. The predicted molar refractivity (Wildman–Crippen MR) is 92.6 cm³/mol. The van der Waals surface area contributed by atoms with Gasteiger partial charge in [0.05, 0.1) is 0 Å². The molecule has 1 atom stereocenters. The van der Waals surface area contributed by atoms with Crippen LogP contribution in [0, 0.1) is 11.3 Å². The third kappa shape index (κ3) is 3.01. The van der Waals surface area contributed by atoms with E-state index < -0.39 is 0 Å². The maximum atomic E-state index is 5.98. The molecule has 1 saturated heterocycles. The normalized spacial score (nSPS) is 20.5. The molecule has 0 spiro atoms. The second-order valence-corrected chi connectivity index (χ2v) is 8.43. The summed E-state index contributed by atoms with van der Waals surface area (Å²) in [6, 6.07) is 8.72. The highest BCUT2D eigenvalue weighted by atomic mass is 32.1. The molecule has 2 N–H and O–H groups in total. The van der Waals surface area contributed by atoms with Gasteiger partial charge in [-0.25, -0.2) is 0 Å². The van der Waals surface area contributed by atoms with Crippen molar-refractivity contribution in [1.82, 2.24) is 4.90 Å². The van der Waals surface area contributed by atoms with E-state index in [2.05, 4.69) is 49.9 Å². The van der Waals surface area contributed by atoms with E-state index in [4.69, 9.17) is 5.73 Å². The van der Waals surface area contributed by atoms with E-state index in [1.54, 1.807) is 0 Å². The van der Waals surface area contributed by atoms with Crippen molar-refractivity contribution < 1.29 is 0 Å². The molecule has 1 aromatic heterocycles. The summed E-state index contributed by atoms with van der Waals surface area (Å²) in [6.45, 7) is 11.3. The van der Waals surface area contributed by atoms with Crippen LogP contribution in [0.4, 0.5) is 0 Å².